The molecule has 1 aliphatic heterocycles. The number of hydrogen-bond acceptors (Lipinski definition) is 4. The van der Waals surface area contributed by atoms with E-state index < -0.39 is 24.3 Å². The third-order valence-electron chi connectivity index (χ3n) is 5.99. The van der Waals surface area contributed by atoms with Gasteiger partial charge in [0.25, 0.3) is 5.91 Å². The van der Waals surface area contributed by atoms with Gasteiger partial charge in [-0.15, -0.1) is 0 Å². The standard InChI is InChI=1S/C27H22F3N3O2/c28-27(29,30)21-9-3-4-10-22(21)31-25(34)17-35-23-11-5-8-19-12-13-24(32-26(19)23)33-15-14-18-6-1-2-7-20(18)16-33/h1-13H,14-17H2,(H,31,34). The molecular formula is C27H22F3N3O2. The van der Waals surface area contributed by atoms with Gasteiger partial charge in [0.2, 0.25) is 0 Å². The van der Waals surface area contributed by atoms with Crippen molar-refractivity contribution in [3.8, 4) is 5.75 Å². The summed E-state index contributed by atoms with van der Waals surface area (Å²) in [5.41, 5.74) is 1.98. The molecule has 178 valence electrons. The van der Waals surface area contributed by atoms with Gasteiger partial charge < -0.3 is 15.0 Å². The Balaban J connectivity index is 1.33. The molecule has 0 saturated heterocycles. The molecule has 5 nitrogen and oxygen atoms in total. The number of para-hydroxylation sites is 2. The molecule has 2 heterocycles. The molecule has 0 spiro atoms. The second-order valence-electron chi connectivity index (χ2n) is 8.32. The summed E-state index contributed by atoms with van der Waals surface area (Å²) in [6.45, 7) is 1.13. The second kappa shape index (κ2) is 9.29. The molecule has 0 radical (unpaired) electrons. The number of ether oxygens (including phenoxy) is 1. The Morgan fingerprint density at radius 2 is 1.71 bits per heavy atom. The molecule has 1 aliphatic rings. The summed E-state index contributed by atoms with van der Waals surface area (Å²) in [6.07, 6.45) is -3.65. The summed E-state index contributed by atoms with van der Waals surface area (Å²) in [7, 11) is 0. The Morgan fingerprint density at radius 3 is 2.54 bits per heavy atom. The lowest BCUT2D eigenvalue weighted by molar-refractivity contribution is -0.137. The number of benzene rings is 3. The number of hydrogen-bond donors (Lipinski definition) is 1. The molecule has 1 amide bonds. The van der Waals surface area contributed by atoms with E-state index in [9.17, 15) is 18.0 Å². The summed E-state index contributed by atoms with van der Waals surface area (Å²) < 4.78 is 45.3. The second-order valence-corrected chi connectivity index (χ2v) is 8.32. The third kappa shape index (κ3) is 4.91. The first-order valence-electron chi connectivity index (χ1n) is 11.2. The summed E-state index contributed by atoms with van der Waals surface area (Å²) >= 11 is 0. The van der Waals surface area contributed by atoms with Crippen LogP contribution < -0.4 is 15.0 Å². The molecule has 35 heavy (non-hydrogen) atoms. The maximum absolute atomic E-state index is 13.2. The van der Waals surface area contributed by atoms with E-state index in [1.165, 1.54) is 29.3 Å². The maximum Gasteiger partial charge on any atom is 0.418 e. The zero-order valence-corrected chi connectivity index (χ0v) is 18.7. The molecular weight excluding hydrogens is 455 g/mol. The van der Waals surface area contributed by atoms with Gasteiger partial charge in [-0.2, -0.15) is 13.2 Å². The largest absolute Gasteiger partial charge is 0.481 e. The van der Waals surface area contributed by atoms with Crippen molar-refractivity contribution in [3.05, 3.63) is 95.6 Å². The van der Waals surface area contributed by atoms with Crippen LogP contribution in [0.4, 0.5) is 24.7 Å². The highest BCUT2D eigenvalue weighted by molar-refractivity contribution is 5.93. The van der Waals surface area contributed by atoms with Crippen molar-refractivity contribution >= 4 is 28.3 Å². The van der Waals surface area contributed by atoms with Gasteiger partial charge in [0.1, 0.15) is 17.1 Å². The average molecular weight is 477 g/mol. The summed E-state index contributed by atoms with van der Waals surface area (Å²) in [5, 5.41) is 3.13. The lowest BCUT2D eigenvalue weighted by Crippen LogP contribution is -2.30. The van der Waals surface area contributed by atoms with Crippen LogP contribution in [0, 0.1) is 0 Å². The smallest absolute Gasteiger partial charge is 0.418 e. The number of halogens is 3. The Kier molecular flexibility index (Phi) is 6.03. The van der Waals surface area contributed by atoms with Crippen molar-refractivity contribution in [2.75, 3.05) is 23.4 Å². The van der Waals surface area contributed by atoms with Gasteiger partial charge in [-0.1, -0.05) is 48.5 Å². The highest BCUT2D eigenvalue weighted by Gasteiger charge is 2.33. The third-order valence-corrected chi connectivity index (χ3v) is 5.99. The van der Waals surface area contributed by atoms with Crippen molar-refractivity contribution in [1.29, 1.82) is 0 Å². The first-order chi connectivity index (χ1) is 16.9. The van der Waals surface area contributed by atoms with Gasteiger partial charge in [0, 0.05) is 18.5 Å². The number of carbonyl (C=O) groups is 1. The van der Waals surface area contributed by atoms with Crippen LogP contribution in [-0.2, 0) is 23.9 Å². The number of carbonyl (C=O) groups excluding carboxylic acids is 1. The van der Waals surface area contributed by atoms with Crippen molar-refractivity contribution in [2.45, 2.75) is 19.1 Å². The average Bonchev–Trinajstić information content (AvgIpc) is 2.86. The zero-order chi connectivity index (χ0) is 24.4. The summed E-state index contributed by atoms with van der Waals surface area (Å²) in [5.74, 6) is 0.495. The minimum absolute atomic E-state index is 0.308. The van der Waals surface area contributed by atoms with Gasteiger partial charge in [-0.25, -0.2) is 4.98 Å². The molecule has 0 bridgehead atoms. The number of nitrogens with zero attached hydrogens (tertiary/aromatic N) is 2. The van der Waals surface area contributed by atoms with Crippen molar-refractivity contribution in [1.82, 2.24) is 4.98 Å². The number of amides is 1. The number of alkyl halides is 3. The fraction of sp³-hybridized carbons (Fsp3) is 0.185. The molecule has 0 atom stereocenters. The fourth-order valence-electron chi connectivity index (χ4n) is 4.26. The minimum atomic E-state index is -4.57. The van der Waals surface area contributed by atoms with Crippen molar-refractivity contribution in [3.63, 3.8) is 0 Å². The van der Waals surface area contributed by atoms with E-state index >= 15 is 0 Å². The first-order valence-corrected chi connectivity index (χ1v) is 11.2. The predicted octanol–water partition coefficient (Wildman–Crippen LogP) is 5.83. The van der Waals surface area contributed by atoms with Crippen LogP contribution in [0.1, 0.15) is 16.7 Å². The van der Waals surface area contributed by atoms with Gasteiger partial charge in [0.15, 0.2) is 6.61 Å². The SMILES string of the molecule is O=C(COc1cccc2ccc(N3CCc4ccccc4C3)nc12)Nc1ccccc1C(F)(F)F. The number of aromatic nitrogens is 1. The Morgan fingerprint density at radius 1 is 0.943 bits per heavy atom. The fourth-order valence-corrected chi connectivity index (χ4v) is 4.26. The first kappa shape index (κ1) is 22.7. The van der Waals surface area contributed by atoms with Gasteiger partial charge in [-0.3, -0.25) is 4.79 Å². The quantitative estimate of drug-likeness (QED) is 0.393. The Labute approximate surface area is 200 Å². The van der Waals surface area contributed by atoms with E-state index in [1.54, 1.807) is 12.1 Å². The molecule has 4 aromatic rings. The molecule has 5 rings (SSSR count). The molecule has 1 N–H and O–H groups in total. The number of rotatable bonds is 5. The molecule has 0 saturated carbocycles. The van der Waals surface area contributed by atoms with E-state index in [0.717, 1.165) is 36.8 Å². The van der Waals surface area contributed by atoms with Crippen molar-refractivity contribution in [2.24, 2.45) is 0 Å². The van der Waals surface area contributed by atoms with Gasteiger partial charge in [0.05, 0.1) is 11.3 Å². The molecule has 3 aromatic carbocycles. The Bertz CT molecular complexity index is 1390. The van der Waals surface area contributed by atoms with E-state index in [1.807, 2.05) is 30.3 Å². The number of anilines is 2. The highest BCUT2D eigenvalue weighted by atomic mass is 19.4. The summed E-state index contributed by atoms with van der Waals surface area (Å²) in [6, 6.07) is 22.5. The molecule has 0 aliphatic carbocycles. The van der Waals surface area contributed by atoms with E-state index in [-0.39, 0.29) is 5.69 Å². The van der Waals surface area contributed by atoms with Crippen molar-refractivity contribution < 1.29 is 22.7 Å². The van der Waals surface area contributed by atoms with E-state index in [0.29, 0.717) is 11.3 Å². The van der Waals surface area contributed by atoms with Crippen LogP contribution in [0.2, 0.25) is 0 Å². The molecule has 1 aromatic heterocycles. The number of pyridine rings is 1. The molecule has 8 heteroatoms. The van der Waals surface area contributed by atoms with Crippen LogP contribution in [0.25, 0.3) is 10.9 Å². The zero-order valence-electron chi connectivity index (χ0n) is 18.7. The van der Waals surface area contributed by atoms with E-state index in [4.69, 9.17) is 9.72 Å². The normalized spacial score (nSPS) is 13.4. The maximum atomic E-state index is 13.2. The Hall–Kier alpha value is -4.07. The lowest BCUT2D eigenvalue weighted by atomic mass is 10.00. The van der Waals surface area contributed by atoms with Gasteiger partial charge in [-0.05, 0) is 47.9 Å². The molecule has 0 unspecified atom stereocenters. The van der Waals surface area contributed by atoms with Crippen LogP contribution in [0.15, 0.2) is 78.9 Å². The van der Waals surface area contributed by atoms with Gasteiger partial charge >= 0.3 is 6.18 Å². The summed E-state index contributed by atoms with van der Waals surface area (Å²) in [4.78, 5) is 19.4. The number of nitrogens with one attached hydrogen (secondary N) is 1. The highest BCUT2D eigenvalue weighted by Crippen LogP contribution is 2.34. The van der Waals surface area contributed by atoms with Crippen LogP contribution in [0.5, 0.6) is 5.75 Å². The monoisotopic (exact) mass is 477 g/mol. The molecule has 0 fully saturated rings. The predicted molar refractivity (Wildman–Crippen MR) is 129 cm³/mol. The topological polar surface area (TPSA) is 54.5 Å². The lowest BCUT2D eigenvalue weighted by Gasteiger charge is -2.30. The van der Waals surface area contributed by atoms with Crippen LogP contribution in [0.3, 0.4) is 0 Å². The van der Waals surface area contributed by atoms with Crippen LogP contribution in [-0.4, -0.2) is 24.0 Å². The van der Waals surface area contributed by atoms with E-state index in [2.05, 4.69) is 22.3 Å². The van der Waals surface area contributed by atoms with Crippen LogP contribution >= 0.6 is 0 Å². The minimum Gasteiger partial charge on any atom is -0.481 e. The number of fused-ring (bicyclic) bond motifs is 2.